The van der Waals surface area contributed by atoms with E-state index < -0.39 is 5.95 Å². The Morgan fingerprint density at radius 2 is 2.33 bits per heavy atom. The van der Waals surface area contributed by atoms with Gasteiger partial charge in [0.1, 0.15) is 0 Å². The zero-order chi connectivity index (χ0) is 13.0. The first-order valence-electron chi connectivity index (χ1n) is 6.15. The van der Waals surface area contributed by atoms with Crippen LogP contribution in [0.4, 0.5) is 4.39 Å². The van der Waals surface area contributed by atoms with Gasteiger partial charge in [-0.25, -0.2) is 4.98 Å². The summed E-state index contributed by atoms with van der Waals surface area (Å²) in [6, 6.07) is 3.10. The van der Waals surface area contributed by atoms with Gasteiger partial charge in [0.15, 0.2) is 0 Å². The van der Waals surface area contributed by atoms with Gasteiger partial charge < -0.3 is 4.90 Å². The van der Waals surface area contributed by atoms with Crippen molar-refractivity contribution in [2.45, 2.75) is 24.5 Å². The minimum Gasteiger partial charge on any atom is -0.338 e. The Hall–Kier alpha value is -1.10. The first-order valence-corrected chi connectivity index (χ1v) is 7.43. The van der Waals surface area contributed by atoms with Crippen LogP contribution < -0.4 is 0 Å². The molecule has 2 heterocycles. The molecule has 1 aromatic rings. The van der Waals surface area contributed by atoms with E-state index in [0.29, 0.717) is 18.3 Å². The Labute approximate surface area is 111 Å². The van der Waals surface area contributed by atoms with Gasteiger partial charge in [0.2, 0.25) is 5.95 Å². The number of amides is 1. The van der Waals surface area contributed by atoms with Crippen LogP contribution in [0.5, 0.6) is 0 Å². The molecule has 1 saturated heterocycles. The highest BCUT2D eigenvalue weighted by atomic mass is 32.2. The molecule has 0 radical (unpaired) electrons. The number of rotatable bonds is 2. The summed E-state index contributed by atoms with van der Waals surface area (Å²) in [6.45, 7) is 1.42. The van der Waals surface area contributed by atoms with E-state index >= 15 is 0 Å². The van der Waals surface area contributed by atoms with Crippen molar-refractivity contribution in [3.63, 3.8) is 0 Å². The fourth-order valence-corrected chi connectivity index (χ4v) is 2.96. The number of pyridine rings is 1. The van der Waals surface area contributed by atoms with Crippen molar-refractivity contribution < 1.29 is 9.18 Å². The topological polar surface area (TPSA) is 33.2 Å². The van der Waals surface area contributed by atoms with E-state index in [0.717, 1.165) is 19.3 Å². The van der Waals surface area contributed by atoms with Crippen molar-refractivity contribution in [3.05, 3.63) is 29.8 Å². The Morgan fingerprint density at radius 3 is 3.06 bits per heavy atom. The fourth-order valence-electron chi connectivity index (χ4n) is 2.22. The van der Waals surface area contributed by atoms with E-state index in [4.69, 9.17) is 0 Å². The number of hydrogen-bond donors (Lipinski definition) is 0. The molecular weight excluding hydrogens is 251 g/mol. The number of hydrogen-bond acceptors (Lipinski definition) is 3. The molecule has 1 fully saturated rings. The summed E-state index contributed by atoms with van der Waals surface area (Å²) < 4.78 is 13.5. The van der Waals surface area contributed by atoms with Crippen molar-refractivity contribution in [1.82, 2.24) is 9.88 Å². The van der Waals surface area contributed by atoms with Crippen LogP contribution in [0.25, 0.3) is 0 Å². The smallest absolute Gasteiger partial charge is 0.258 e. The third-order valence-electron chi connectivity index (χ3n) is 3.29. The summed E-state index contributed by atoms with van der Waals surface area (Å²) in [5.74, 6) is -0.907. The number of aromatic nitrogens is 1. The van der Waals surface area contributed by atoms with Crippen LogP contribution in [0.3, 0.4) is 0 Å². The Morgan fingerprint density at radius 1 is 1.50 bits per heavy atom. The molecule has 98 valence electrons. The van der Waals surface area contributed by atoms with Gasteiger partial charge in [-0.3, -0.25) is 4.79 Å². The van der Waals surface area contributed by atoms with Crippen molar-refractivity contribution in [3.8, 4) is 0 Å². The van der Waals surface area contributed by atoms with Crippen molar-refractivity contribution in [1.29, 1.82) is 0 Å². The highest BCUT2D eigenvalue weighted by Gasteiger charge is 2.23. The van der Waals surface area contributed by atoms with E-state index in [2.05, 4.69) is 11.2 Å². The fraction of sp³-hybridized carbons (Fsp3) is 0.538. The van der Waals surface area contributed by atoms with Gasteiger partial charge in [0.05, 0.1) is 5.56 Å². The lowest BCUT2D eigenvalue weighted by molar-refractivity contribution is 0.0756. The van der Waals surface area contributed by atoms with E-state index in [1.165, 1.54) is 12.3 Å². The highest BCUT2D eigenvalue weighted by molar-refractivity contribution is 7.99. The zero-order valence-corrected chi connectivity index (χ0v) is 11.3. The van der Waals surface area contributed by atoms with Crippen molar-refractivity contribution in [2.75, 3.05) is 19.3 Å². The molecule has 1 amide bonds. The van der Waals surface area contributed by atoms with Crippen LogP contribution in [0.1, 0.15) is 29.6 Å². The average molecular weight is 268 g/mol. The molecule has 0 bridgehead atoms. The third-order valence-corrected chi connectivity index (χ3v) is 4.42. The monoisotopic (exact) mass is 268 g/mol. The van der Waals surface area contributed by atoms with E-state index in [-0.39, 0.29) is 11.5 Å². The molecule has 0 saturated carbocycles. The lowest BCUT2D eigenvalue weighted by atomic mass is 10.2. The summed E-state index contributed by atoms with van der Waals surface area (Å²) in [5, 5.41) is 0.613. The van der Waals surface area contributed by atoms with Crippen LogP contribution in [0, 0.1) is 5.95 Å². The Bertz CT molecular complexity index is 427. The number of carbonyl (C=O) groups is 1. The molecule has 0 aromatic carbocycles. The number of nitrogens with zero attached hydrogens (tertiary/aromatic N) is 2. The quantitative estimate of drug-likeness (QED) is 0.773. The van der Waals surface area contributed by atoms with Gasteiger partial charge in [-0.15, -0.1) is 0 Å². The summed E-state index contributed by atoms with van der Waals surface area (Å²) in [6.07, 6.45) is 6.55. The molecule has 1 unspecified atom stereocenters. The van der Waals surface area contributed by atoms with Crippen LogP contribution in [0.15, 0.2) is 18.3 Å². The average Bonchev–Trinajstić information content (AvgIpc) is 2.63. The minimum absolute atomic E-state index is 0.0834. The van der Waals surface area contributed by atoms with Crippen LogP contribution in [-0.2, 0) is 0 Å². The summed E-state index contributed by atoms with van der Waals surface area (Å²) in [7, 11) is 0. The SMILES string of the molecule is CSC1CCCN(C(=O)c2cccnc2F)CC1. The first-order chi connectivity index (χ1) is 8.72. The van der Waals surface area contributed by atoms with E-state index in [9.17, 15) is 9.18 Å². The maximum Gasteiger partial charge on any atom is 0.258 e. The van der Waals surface area contributed by atoms with E-state index in [1.54, 1.807) is 11.0 Å². The third kappa shape index (κ3) is 3.02. The van der Waals surface area contributed by atoms with Gasteiger partial charge in [-0.2, -0.15) is 16.2 Å². The number of likely N-dealkylation sites (tertiary alicyclic amines) is 1. The summed E-state index contributed by atoms with van der Waals surface area (Å²) >= 11 is 1.85. The number of thioether (sulfide) groups is 1. The van der Waals surface area contributed by atoms with Gasteiger partial charge in [-0.05, 0) is 37.7 Å². The lowest BCUT2D eigenvalue weighted by Crippen LogP contribution is -2.32. The van der Waals surface area contributed by atoms with Crippen LogP contribution >= 0.6 is 11.8 Å². The van der Waals surface area contributed by atoms with Gasteiger partial charge in [0, 0.05) is 24.5 Å². The van der Waals surface area contributed by atoms with Crippen LogP contribution in [0.2, 0.25) is 0 Å². The number of carbonyl (C=O) groups excluding carboxylic acids is 1. The molecule has 3 nitrogen and oxygen atoms in total. The highest BCUT2D eigenvalue weighted by Crippen LogP contribution is 2.22. The van der Waals surface area contributed by atoms with Gasteiger partial charge in [-0.1, -0.05) is 0 Å². The molecule has 1 aliphatic rings. The molecular formula is C13H17FN2OS. The molecule has 0 spiro atoms. The second-order valence-corrected chi connectivity index (χ2v) is 5.56. The Balaban J connectivity index is 2.08. The lowest BCUT2D eigenvalue weighted by Gasteiger charge is -2.20. The Kier molecular flexibility index (Phi) is 4.58. The molecule has 1 aliphatic heterocycles. The second-order valence-electron chi connectivity index (χ2n) is 4.42. The normalized spacial score (nSPS) is 20.6. The zero-order valence-electron chi connectivity index (χ0n) is 10.4. The maximum atomic E-state index is 13.5. The standard InChI is InChI=1S/C13H17FN2OS/c1-18-10-4-3-8-16(9-6-10)13(17)11-5-2-7-15-12(11)14/h2,5,7,10H,3-4,6,8-9H2,1H3. The predicted molar refractivity (Wildman–Crippen MR) is 71.3 cm³/mol. The van der Waals surface area contributed by atoms with E-state index in [1.807, 2.05) is 11.8 Å². The number of halogens is 1. The molecule has 2 rings (SSSR count). The molecule has 1 aromatic heterocycles. The maximum absolute atomic E-state index is 13.5. The molecule has 0 N–H and O–H groups in total. The largest absolute Gasteiger partial charge is 0.338 e. The minimum atomic E-state index is -0.673. The van der Waals surface area contributed by atoms with Crippen LogP contribution in [-0.4, -0.2) is 40.4 Å². The van der Waals surface area contributed by atoms with Crippen molar-refractivity contribution >= 4 is 17.7 Å². The summed E-state index contributed by atoms with van der Waals surface area (Å²) in [4.78, 5) is 17.5. The van der Waals surface area contributed by atoms with Gasteiger partial charge >= 0.3 is 0 Å². The first kappa shape index (κ1) is 13.3. The summed E-state index contributed by atoms with van der Waals surface area (Å²) in [5.41, 5.74) is 0.0834. The molecule has 5 heteroatoms. The van der Waals surface area contributed by atoms with Crippen molar-refractivity contribution in [2.24, 2.45) is 0 Å². The molecule has 1 atom stereocenters. The second kappa shape index (κ2) is 6.18. The predicted octanol–water partition coefficient (Wildman–Crippen LogP) is 2.58. The molecule has 18 heavy (non-hydrogen) atoms. The van der Waals surface area contributed by atoms with Gasteiger partial charge in [0.25, 0.3) is 5.91 Å². The molecule has 0 aliphatic carbocycles.